The van der Waals surface area contributed by atoms with Crippen molar-refractivity contribution >= 4 is 33.5 Å². The van der Waals surface area contributed by atoms with Gasteiger partial charge in [-0.2, -0.15) is 4.37 Å². The van der Waals surface area contributed by atoms with Crippen molar-refractivity contribution in [1.29, 1.82) is 0 Å². The zero-order valence-corrected chi connectivity index (χ0v) is 20.6. The van der Waals surface area contributed by atoms with Crippen LogP contribution in [0.25, 0.3) is 0 Å². The maximum Gasteiger partial charge on any atom is 0.271 e. The molecule has 1 saturated heterocycles. The number of aromatic nitrogens is 2. The van der Waals surface area contributed by atoms with Crippen molar-refractivity contribution in [2.45, 2.75) is 12.6 Å². The molecular formula is C26H25BrN4OS. The van der Waals surface area contributed by atoms with Gasteiger partial charge in [-0.05, 0) is 28.8 Å². The lowest BCUT2D eigenvalue weighted by atomic mass is 9.96. The van der Waals surface area contributed by atoms with E-state index in [-0.39, 0.29) is 6.04 Å². The SMILES string of the molecule is Brc1ccc(COc2nsnc2N2CCN(C(c3ccccc3)c3ccccc3)CC2)cc1. The topological polar surface area (TPSA) is 41.5 Å². The summed E-state index contributed by atoms with van der Waals surface area (Å²) in [4.78, 5) is 4.85. The van der Waals surface area contributed by atoms with Crippen LogP contribution in [0, 0.1) is 0 Å². The highest BCUT2D eigenvalue weighted by atomic mass is 79.9. The zero-order chi connectivity index (χ0) is 22.5. The van der Waals surface area contributed by atoms with Gasteiger partial charge >= 0.3 is 0 Å². The Hall–Kier alpha value is -2.74. The second-order valence-electron chi connectivity index (χ2n) is 8.06. The van der Waals surface area contributed by atoms with Crippen molar-refractivity contribution in [3.05, 3.63) is 106 Å². The third-order valence-electron chi connectivity index (χ3n) is 5.94. The molecule has 1 aliphatic heterocycles. The Morgan fingerprint density at radius 3 is 2.00 bits per heavy atom. The van der Waals surface area contributed by atoms with Crippen LogP contribution in [0.15, 0.2) is 89.4 Å². The molecule has 33 heavy (non-hydrogen) atoms. The van der Waals surface area contributed by atoms with Gasteiger partial charge in [-0.15, -0.1) is 4.37 Å². The Bertz CT molecular complexity index is 1110. The maximum absolute atomic E-state index is 6.04. The molecule has 0 saturated carbocycles. The highest BCUT2D eigenvalue weighted by Crippen LogP contribution is 2.32. The van der Waals surface area contributed by atoms with Gasteiger partial charge in [-0.25, -0.2) is 0 Å². The van der Waals surface area contributed by atoms with Crippen molar-refractivity contribution < 1.29 is 4.74 Å². The van der Waals surface area contributed by atoms with Crippen LogP contribution >= 0.6 is 27.7 Å². The molecule has 0 atom stereocenters. The molecule has 0 spiro atoms. The molecule has 1 aliphatic rings. The molecule has 1 aromatic heterocycles. The molecule has 0 radical (unpaired) electrons. The Kier molecular flexibility index (Phi) is 7.00. The Labute approximate surface area is 207 Å². The third-order valence-corrected chi connectivity index (χ3v) is 6.97. The number of nitrogens with zero attached hydrogens (tertiary/aromatic N) is 4. The van der Waals surface area contributed by atoms with Crippen LogP contribution in [-0.4, -0.2) is 39.8 Å². The molecule has 3 aromatic carbocycles. The minimum atomic E-state index is 0.247. The Morgan fingerprint density at radius 1 is 0.788 bits per heavy atom. The van der Waals surface area contributed by atoms with Crippen LogP contribution < -0.4 is 9.64 Å². The number of hydrogen-bond acceptors (Lipinski definition) is 6. The number of hydrogen-bond donors (Lipinski definition) is 0. The first-order valence-corrected chi connectivity index (χ1v) is 12.6. The molecule has 168 valence electrons. The van der Waals surface area contributed by atoms with Gasteiger partial charge in [0.05, 0.1) is 17.8 Å². The average molecular weight is 521 g/mol. The van der Waals surface area contributed by atoms with E-state index in [0.717, 1.165) is 42.0 Å². The van der Waals surface area contributed by atoms with Gasteiger partial charge in [0.15, 0.2) is 0 Å². The molecule has 4 aromatic rings. The molecule has 5 rings (SSSR count). The summed E-state index contributed by atoms with van der Waals surface area (Å²) < 4.78 is 16.1. The number of benzene rings is 3. The largest absolute Gasteiger partial charge is 0.470 e. The third kappa shape index (κ3) is 5.27. The summed E-state index contributed by atoms with van der Waals surface area (Å²) in [5, 5.41) is 0. The van der Waals surface area contributed by atoms with Crippen LogP contribution in [-0.2, 0) is 6.61 Å². The first kappa shape index (κ1) is 22.1. The molecule has 2 heterocycles. The van der Waals surface area contributed by atoms with E-state index in [9.17, 15) is 0 Å². The predicted octanol–water partition coefficient (Wildman–Crippen LogP) is 5.79. The summed E-state index contributed by atoms with van der Waals surface area (Å²) in [7, 11) is 0. The Balaban J connectivity index is 1.27. The number of piperazine rings is 1. The summed E-state index contributed by atoms with van der Waals surface area (Å²) in [5.74, 6) is 1.48. The van der Waals surface area contributed by atoms with E-state index in [2.05, 4.69) is 107 Å². The fraction of sp³-hybridized carbons (Fsp3) is 0.231. The van der Waals surface area contributed by atoms with E-state index < -0.39 is 0 Å². The summed E-state index contributed by atoms with van der Waals surface area (Å²) in [5.41, 5.74) is 3.76. The number of rotatable bonds is 7. The van der Waals surface area contributed by atoms with Crippen LogP contribution in [0.5, 0.6) is 5.88 Å². The molecule has 0 bridgehead atoms. The highest BCUT2D eigenvalue weighted by molar-refractivity contribution is 9.10. The summed E-state index contributed by atoms with van der Waals surface area (Å²) in [6, 6.07) is 29.9. The maximum atomic E-state index is 6.04. The van der Waals surface area contributed by atoms with Gasteiger partial charge in [-0.1, -0.05) is 88.7 Å². The monoisotopic (exact) mass is 520 g/mol. The van der Waals surface area contributed by atoms with E-state index in [1.807, 2.05) is 12.1 Å². The molecule has 1 fully saturated rings. The van der Waals surface area contributed by atoms with Crippen molar-refractivity contribution in [1.82, 2.24) is 13.6 Å². The second-order valence-corrected chi connectivity index (χ2v) is 9.50. The first-order valence-electron chi connectivity index (χ1n) is 11.1. The summed E-state index contributed by atoms with van der Waals surface area (Å²) in [6.45, 7) is 4.14. The standard InChI is InChI=1S/C26H25BrN4OS/c27-23-13-11-20(12-14-23)19-32-26-25(28-33-29-26)31-17-15-30(16-18-31)24(21-7-3-1-4-8-21)22-9-5-2-6-10-22/h1-14,24H,15-19H2. The van der Waals surface area contributed by atoms with Crippen LogP contribution in [0.2, 0.25) is 0 Å². The van der Waals surface area contributed by atoms with E-state index in [1.165, 1.54) is 22.9 Å². The van der Waals surface area contributed by atoms with Gasteiger partial charge in [0.1, 0.15) is 6.61 Å². The second kappa shape index (κ2) is 10.5. The lowest BCUT2D eigenvalue weighted by Crippen LogP contribution is -2.48. The molecule has 5 nitrogen and oxygen atoms in total. The predicted molar refractivity (Wildman–Crippen MR) is 137 cm³/mol. The van der Waals surface area contributed by atoms with E-state index in [1.54, 1.807) is 0 Å². The lowest BCUT2D eigenvalue weighted by molar-refractivity contribution is 0.211. The van der Waals surface area contributed by atoms with Gasteiger partial charge in [0.25, 0.3) is 5.88 Å². The van der Waals surface area contributed by atoms with Crippen molar-refractivity contribution in [2.24, 2.45) is 0 Å². The molecular weight excluding hydrogens is 496 g/mol. The minimum Gasteiger partial charge on any atom is -0.470 e. The van der Waals surface area contributed by atoms with Gasteiger partial charge < -0.3 is 9.64 Å². The van der Waals surface area contributed by atoms with Gasteiger partial charge in [-0.3, -0.25) is 4.90 Å². The average Bonchev–Trinajstić information content (AvgIpc) is 3.34. The van der Waals surface area contributed by atoms with E-state index in [4.69, 9.17) is 4.74 Å². The minimum absolute atomic E-state index is 0.247. The van der Waals surface area contributed by atoms with Crippen molar-refractivity contribution in [3.8, 4) is 5.88 Å². The smallest absolute Gasteiger partial charge is 0.271 e. The normalized spacial score (nSPS) is 14.5. The lowest BCUT2D eigenvalue weighted by Gasteiger charge is -2.39. The quantitative estimate of drug-likeness (QED) is 0.308. The first-order chi connectivity index (χ1) is 16.3. The van der Waals surface area contributed by atoms with Crippen LogP contribution in [0.3, 0.4) is 0 Å². The van der Waals surface area contributed by atoms with Gasteiger partial charge in [0, 0.05) is 30.7 Å². The highest BCUT2D eigenvalue weighted by Gasteiger charge is 2.28. The van der Waals surface area contributed by atoms with Crippen molar-refractivity contribution in [3.63, 3.8) is 0 Å². The number of halogens is 1. The zero-order valence-electron chi connectivity index (χ0n) is 18.2. The van der Waals surface area contributed by atoms with E-state index >= 15 is 0 Å². The number of ether oxygens (including phenoxy) is 1. The fourth-order valence-corrected chi connectivity index (χ4v) is 5.05. The van der Waals surface area contributed by atoms with Crippen LogP contribution in [0.1, 0.15) is 22.7 Å². The Morgan fingerprint density at radius 2 is 1.39 bits per heavy atom. The van der Waals surface area contributed by atoms with Crippen LogP contribution in [0.4, 0.5) is 5.82 Å². The summed E-state index contributed by atoms with van der Waals surface area (Å²) in [6.07, 6.45) is 0. The molecule has 0 amide bonds. The van der Waals surface area contributed by atoms with Gasteiger partial charge in [0.2, 0.25) is 5.82 Å². The molecule has 0 unspecified atom stereocenters. The number of anilines is 1. The fourth-order valence-electron chi connectivity index (χ4n) is 4.27. The van der Waals surface area contributed by atoms with Crippen molar-refractivity contribution in [2.75, 3.05) is 31.1 Å². The summed E-state index contributed by atoms with van der Waals surface area (Å²) >= 11 is 4.68. The van der Waals surface area contributed by atoms with E-state index in [0.29, 0.717) is 12.5 Å². The molecule has 0 aliphatic carbocycles. The molecule has 7 heteroatoms. The molecule has 0 N–H and O–H groups in total.